The Bertz CT molecular complexity index is 628. The van der Waals surface area contributed by atoms with Crippen molar-refractivity contribution < 1.29 is 14.0 Å². The average Bonchev–Trinajstić information content (AvgIpc) is 2.57. The van der Waals surface area contributed by atoms with E-state index in [1.807, 2.05) is 24.3 Å². The fourth-order valence-corrected chi connectivity index (χ4v) is 3.74. The minimum Gasteiger partial charge on any atom is -0.450 e. The molecule has 0 unspecified atom stereocenters. The standard InChI is InChI=1S/C21H34ClNO3Si/c1-8-10-14-25-20(24)23-18(9-2)19(16-12-11-13-17(22)15-16)26-27(6,7)21(3,4)5/h9,11-13,15,18-19H,2,8,10,14H2,1,3-7H3,(H,23,24)/t18-,19-/m0/s1. The summed E-state index contributed by atoms with van der Waals surface area (Å²) in [5.41, 5.74) is 0.908. The summed E-state index contributed by atoms with van der Waals surface area (Å²) in [5.74, 6) is 0. The lowest BCUT2D eigenvalue weighted by atomic mass is 10.0. The smallest absolute Gasteiger partial charge is 0.407 e. The number of hydrogen-bond acceptors (Lipinski definition) is 3. The summed E-state index contributed by atoms with van der Waals surface area (Å²) in [6.07, 6.45) is 2.65. The molecule has 27 heavy (non-hydrogen) atoms. The van der Waals surface area contributed by atoms with Crippen molar-refractivity contribution in [2.45, 2.75) is 70.8 Å². The first kappa shape index (κ1) is 23.7. The molecule has 0 spiro atoms. The van der Waals surface area contributed by atoms with E-state index in [1.54, 1.807) is 6.08 Å². The van der Waals surface area contributed by atoms with Gasteiger partial charge in [-0.3, -0.25) is 0 Å². The summed E-state index contributed by atoms with van der Waals surface area (Å²) in [4.78, 5) is 12.2. The average molecular weight is 412 g/mol. The van der Waals surface area contributed by atoms with Crippen LogP contribution in [0.4, 0.5) is 4.79 Å². The van der Waals surface area contributed by atoms with E-state index in [2.05, 4.69) is 52.7 Å². The minimum atomic E-state index is -2.11. The first-order chi connectivity index (χ1) is 12.5. The molecule has 0 aromatic heterocycles. The lowest BCUT2D eigenvalue weighted by Crippen LogP contribution is -2.47. The van der Waals surface area contributed by atoms with E-state index in [1.165, 1.54) is 0 Å². The molecule has 1 amide bonds. The van der Waals surface area contributed by atoms with Gasteiger partial charge in [-0.2, -0.15) is 0 Å². The van der Waals surface area contributed by atoms with E-state index in [9.17, 15) is 4.79 Å². The second-order valence-corrected chi connectivity index (χ2v) is 13.4. The number of hydrogen-bond donors (Lipinski definition) is 1. The molecule has 0 fully saturated rings. The topological polar surface area (TPSA) is 47.6 Å². The number of unbranched alkanes of at least 4 members (excludes halogenated alkanes) is 1. The molecule has 0 saturated carbocycles. The highest BCUT2D eigenvalue weighted by Gasteiger charge is 2.41. The van der Waals surface area contributed by atoms with Crippen molar-refractivity contribution in [3.63, 3.8) is 0 Å². The van der Waals surface area contributed by atoms with Crippen LogP contribution in [0.15, 0.2) is 36.9 Å². The number of halogens is 1. The van der Waals surface area contributed by atoms with Crippen molar-refractivity contribution in [2.24, 2.45) is 0 Å². The minimum absolute atomic E-state index is 0.0250. The van der Waals surface area contributed by atoms with Gasteiger partial charge in [0.25, 0.3) is 0 Å². The Kier molecular flexibility index (Phi) is 9.05. The molecule has 0 aliphatic carbocycles. The van der Waals surface area contributed by atoms with Crippen LogP contribution < -0.4 is 5.32 Å². The predicted molar refractivity (Wildman–Crippen MR) is 116 cm³/mol. The molecule has 152 valence electrons. The third-order valence-corrected chi connectivity index (χ3v) is 9.69. The van der Waals surface area contributed by atoms with Crippen LogP contribution >= 0.6 is 11.6 Å². The van der Waals surface area contributed by atoms with Gasteiger partial charge >= 0.3 is 6.09 Å². The second kappa shape index (κ2) is 10.3. The van der Waals surface area contributed by atoms with E-state index >= 15 is 0 Å². The maximum Gasteiger partial charge on any atom is 0.407 e. The number of benzene rings is 1. The first-order valence-electron chi connectivity index (χ1n) is 9.51. The number of rotatable bonds is 9. The summed E-state index contributed by atoms with van der Waals surface area (Å²) in [5, 5.41) is 3.55. The maximum atomic E-state index is 12.2. The molecule has 0 heterocycles. The summed E-state index contributed by atoms with van der Waals surface area (Å²) < 4.78 is 11.9. The molecule has 1 rings (SSSR count). The fourth-order valence-electron chi connectivity index (χ4n) is 2.27. The van der Waals surface area contributed by atoms with Gasteiger partial charge in [0.2, 0.25) is 0 Å². The van der Waals surface area contributed by atoms with Gasteiger partial charge < -0.3 is 14.5 Å². The van der Waals surface area contributed by atoms with Crippen LogP contribution in [0.3, 0.4) is 0 Å². The molecule has 0 bridgehead atoms. The van der Waals surface area contributed by atoms with Gasteiger partial charge in [-0.1, -0.05) is 63.9 Å². The van der Waals surface area contributed by atoms with E-state index in [0.717, 1.165) is 18.4 Å². The number of amides is 1. The van der Waals surface area contributed by atoms with Crippen LogP contribution in [-0.2, 0) is 9.16 Å². The fraction of sp³-hybridized carbons (Fsp3) is 0.571. The molecule has 0 aliphatic rings. The van der Waals surface area contributed by atoms with Gasteiger partial charge in [-0.15, -0.1) is 6.58 Å². The highest BCUT2D eigenvalue weighted by atomic mass is 35.5. The van der Waals surface area contributed by atoms with Crippen molar-refractivity contribution >= 4 is 26.0 Å². The highest BCUT2D eigenvalue weighted by molar-refractivity contribution is 6.74. The zero-order valence-electron chi connectivity index (χ0n) is 17.5. The second-order valence-electron chi connectivity index (χ2n) is 8.25. The summed E-state index contributed by atoms with van der Waals surface area (Å²) in [6, 6.07) is 7.12. The third-order valence-electron chi connectivity index (χ3n) is 5.00. The number of ether oxygens (including phenoxy) is 1. The van der Waals surface area contributed by atoms with E-state index in [4.69, 9.17) is 20.8 Å². The van der Waals surface area contributed by atoms with Crippen molar-refractivity contribution in [3.05, 3.63) is 47.5 Å². The maximum absolute atomic E-state index is 12.2. The van der Waals surface area contributed by atoms with E-state index in [-0.39, 0.29) is 11.1 Å². The lowest BCUT2D eigenvalue weighted by Gasteiger charge is -2.41. The molecular weight excluding hydrogens is 378 g/mol. The summed E-state index contributed by atoms with van der Waals surface area (Å²) in [7, 11) is -2.11. The van der Waals surface area contributed by atoms with Gasteiger partial charge in [-0.05, 0) is 42.2 Å². The Morgan fingerprint density at radius 2 is 2.04 bits per heavy atom. The Morgan fingerprint density at radius 3 is 2.56 bits per heavy atom. The van der Waals surface area contributed by atoms with Gasteiger partial charge in [-0.25, -0.2) is 4.79 Å². The summed E-state index contributed by atoms with van der Waals surface area (Å²) >= 11 is 6.21. The molecule has 0 radical (unpaired) electrons. The largest absolute Gasteiger partial charge is 0.450 e. The van der Waals surface area contributed by atoms with Crippen molar-refractivity contribution in [1.29, 1.82) is 0 Å². The van der Waals surface area contributed by atoms with E-state index < -0.39 is 20.5 Å². The number of nitrogens with one attached hydrogen (secondary N) is 1. The zero-order chi connectivity index (χ0) is 20.7. The van der Waals surface area contributed by atoms with Crippen LogP contribution in [0.25, 0.3) is 0 Å². The lowest BCUT2D eigenvalue weighted by molar-refractivity contribution is 0.120. The molecule has 2 atom stereocenters. The molecule has 1 N–H and O–H groups in total. The Balaban J connectivity index is 3.11. The molecule has 1 aromatic carbocycles. The van der Waals surface area contributed by atoms with Crippen molar-refractivity contribution in [3.8, 4) is 0 Å². The van der Waals surface area contributed by atoms with Gasteiger partial charge in [0.05, 0.1) is 18.8 Å². The number of alkyl carbamates (subject to hydrolysis) is 1. The predicted octanol–water partition coefficient (Wildman–Crippen LogP) is 6.48. The van der Waals surface area contributed by atoms with Crippen molar-refractivity contribution in [2.75, 3.05) is 6.61 Å². The normalized spacial score (nSPS) is 14.3. The van der Waals surface area contributed by atoms with Crippen LogP contribution in [0, 0.1) is 0 Å². The molecule has 0 aliphatic heterocycles. The third kappa shape index (κ3) is 7.32. The first-order valence-corrected chi connectivity index (χ1v) is 12.8. The molecular formula is C21H34ClNO3Si. The van der Waals surface area contributed by atoms with Gasteiger partial charge in [0.1, 0.15) is 0 Å². The number of carbonyl (C=O) groups is 1. The molecule has 1 aromatic rings. The van der Waals surface area contributed by atoms with Crippen molar-refractivity contribution in [1.82, 2.24) is 5.32 Å². The Labute approximate surface area is 170 Å². The van der Waals surface area contributed by atoms with Gasteiger partial charge in [0, 0.05) is 5.02 Å². The Morgan fingerprint density at radius 1 is 1.37 bits per heavy atom. The van der Waals surface area contributed by atoms with Crippen LogP contribution in [0.5, 0.6) is 0 Å². The van der Waals surface area contributed by atoms with Crippen LogP contribution in [-0.4, -0.2) is 27.1 Å². The SMILES string of the molecule is C=C[C@H](NC(=O)OCCCC)[C@@H](O[Si](C)(C)C(C)(C)C)c1cccc(Cl)c1. The van der Waals surface area contributed by atoms with Crippen LogP contribution in [0.1, 0.15) is 52.2 Å². The molecule has 0 saturated heterocycles. The van der Waals surface area contributed by atoms with Crippen LogP contribution in [0.2, 0.25) is 23.2 Å². The highest BCUT2D eigenvalue weighted by Crippen LogP contribution is 2.41. The quantitative estimate of drug-likeness (QED) is 0.287. The Hall–Kier alpha value is -1.30. The van der Waals surface area contributed by atoms with E-state index in [0.29, 0.717) is 11.6 Å². The summed E-state index contributed by atoms with van der Waals surface area (Å²) in [6.45, 7) is 17.3. The molecule has 6 heteroatoms. The molecule has 4 nitrogen and oxygen atoms in total. The number of carbonyl (C=O) groups excluding carboxylic acids is 1. The monoisotopic (exact) mass is 411 g/mol. The zero-order valence-corrected chi connectivity index (χ0v) is 19.2. The van der Waals surface area contributed by atoms with Gasteiger partial charge in [0.15, 0.2) is 8.32 Å².